The summed E-state index contributed by atoms with van der Waals surface area (Å²) in [6, 6.07) is 17.3. The maximum atomic E-state index is 14.4. The van der Waals surface area contributed by atoms with Crippen LogP contribution in [0.2, 0.25) is 0 Å². The van der Waals surface area contributed by atoms with Crippen molar-refractivity contribution in [1.82, 2.24) is 9.80 Å². The zero-order valence-corrected chi connectivity index (χ0v) is 27.8. The molecule has 10 nitrogen and oxygen atoms in total. The fraction of sp³-hybridized carbons (Fsp3) is 0.405. The Morgan fingerprint density at radius 3 is 2.40 bits per heavy atom. The Hall–Kier alpha value is -5.07. The van der Waals surface area contributed by atoms with E-state index in [9.17, 15) is 32.9 Å². The van der Waals surface area contributed by atoms with Crippen molar-refractivity contribution in [3.05, 3.63) is 117 Å². The zero-order valence-electron chi connectivity index (χ0n) is 27.8. The summed E-state index contributed by atoms with van der Waals surface area (Å²) in [6.45, 7) is 2.77. The van der Waals surface area contributed by atoms with Gasteiger partial charge in [0.25, 0.3) is 5.09 Å². The van der Waals surface area contributed by atoms with Gasteiger partial charge < -0.3 is 24.1 Å². The Morgan fingerprint density at radius 2 is 1.68 bits per heavy atom. The molecule has 2 aliphatic rings. The first kappa shape index (κ1) is 36.2. The van der Waals surface area contributed by atoms with Crippen LogP contribution in [0.5, 0.6) is 5.75 Å². The predicted octanol–water partition coefficient (Wildman–Crippen LogP) is 7.06. The number of ether oxygens (including phenoxy) is 2. The highest BCUT2D eigenvalue weighted by Gasteiger charge is 2.40. The van der Waals surface area contributed by atoms with E-state index < -0.39 is 40.3 Å². The molecule has 1 saturated carbocycles. The molecule has 266 valence electrons. The van der Waals surface area contributed by atoms with Gasteiger partial charge in [0.05, 0.1) is 25.7 Å². The highest BCUT2D eigenvalue weighted by molar-refractivity contribution is 5.94. The number of rotatable bonds is 16. The second-order valence-corrected chi connectivity index (χ2v) is 12.5. The predicted molar refractivity (Wildman–Crippen MR) is 178 cm³/mol. The molecule has 13 heteroatoms. The molecule has 3 aromatic carbocycles. The molecule has 1 heterocycles. The quantitative estimate of drug-likeness (QED) is 0.0683. The number of aryl methyl sites for hydroxylation is 2. The van der Waals surface area contributed by atoms with Crippen molar-refractivity contribution in [2.75, 3.05) is 32.9 Å². The van der Waals surface area contributed by atoms with Gasteiger partial charge in [-0.3, -0.25) is 4.79 Å². The van der Waals surface area contributed by atoms with Crippen molar-refractivity contribution >= 4 is 17.6 Å². The molecule has 0 spiro atoms. The monoisotopic (exact) mass is 695 g/mol. The largest absolute Gasteiger partial charge is 0.488 e. The third-order valence-corrected chi connectivity index (χ3v) is 8.68. The molecule has 0 N–H and O–H groups in total. The van der Waals surface area contributed by atoms with Gasteiger partial charge in [-0.2, -0.15) is 4.39 Å². The number of hydrogen-bond donors (Lipinski definition) is 0. The fourth-order valence-corrected chi connectivity index (χ4v) is 5.95. The molecule has 1 fully saturated rings. The van der Waals surface area contributed by atoms with Gasteiger partial charge in [0.1, 0.15) is 0 Å². The number of carbonyl (C=O) groups is 2. The number of halogens is 3. The molecule has 0 aromatic heterocycles. The summed E-state index contributed by atoms with van der Waals surface area (Å²) in [5, 5.41) is 9.47. The van der Waals surface area contributed by atoms with Gasteiger partial charge >= 0.3 is 6.09 Å². The summed E-state index contributed by atoms with van der Waals surface area (Å²) in [5.41, 5.74) is 4.70. The lowest BCUT2D eigenvalue weighted by Gasteiger charge is -2.35. The number of amides is 2. The van der Waals surface area contributed by atoms with Gasteiger partial charge in [0, 0.05) is 25.7 Å². The van der Waals surface area contributed by atoms with Crippen LogP contribution in [0.3, 0.4) is 0 Å². The van der Waals surface area contributed by atoms with E-state index in [0.29, 0.717) is 38.3 Å². The van der Waals surface area contributed by atoms with Crippen LogP contribution in [-0.4, -0.2) is 65.8 Å². The van der Waals surface area contributed by atoms with E-state index in [4.69, 9.17) is 9.47 Å². The Morgan fingerprint density at radius 1 is 0.940 bits per heavy atom. The van der Waals surface area contributed by atoms with Crippen LogP contribution in [0, 0.1) is 40.4 Å². The van der Waals surface area contributed by atoms with Crippen LogP contribution in [0.1, 0.15) is 54.4 Å². The molecule has 1 aliphatic carbocycles. The third kappa shape index (κ3) is 9.76. The minimum atomic E-state index is -1.36. The van der Waals surface area contributed by atoms with Crippen molar-refractivity contribution in [3.63, 3.8) is 0 Å². The number of hydrogen-bond acceptors (Lipinski definition) is 7. The van der Waals surface area contributed by atoms with Gasteiger partial charge in [-0.15, -0.1) is 10.1 Å². The third-order valence-electron chi connectivity index (χ3n) is 8.68. The lowest BCUT2D eigenvalue weighted by atomic mass is 9.87. The molecule has 0 bridgehead atoms. The lowest BCUT2D eigenvalue weighted by Crippen LogP contribution is -2.47. The van der Waals surface area contributed by atoms with Gasteiger partial charge in [0.2, 0.25) is 11.7 Å². The SMILES string of the molecule is Cc1cccc(CN(C(=O)C2CN(C(=O)OCCCCO[N+](=O)[O-])CC=C2c2ccc(CCCOc3c(F)ccc(F)c3F)cc2)C2CC2)c1. The second kappa shape index (κ2) is 17.0. The highest BCUT2D eigenvalue weighted by Crippen LogP contribution is 2.35. The first-order valence-corrected chi connectivity index (χ1v) is 16.7. The maximum Gasteiger partial charge on any atom is 0.410 e. The van der Waals surface area contributed by atoms with E-state index in [-0.39, 0.29) is 44.9 Å². The average Bonchev–Trinajstić information content (AvgIpc) is 3.95. The summed E-state index contributed by atoms with van der Waals surface area (Å²) in [7, 11) is 0. The lowest BCUT2D eigenvalue weighted by molar-refractivity contribution is -0.757. The van der Waals surface area contributed by atoms with Gasteiger partial charge in [-0.25, -0.2) is 13.6 Å². The van der Waals surface area contributed by atoms with E-state index in [1.54, 1.807) is 0 Å². The zero-order chi connectivity index (χ0) is 35.6. The topological polar surface area (TPSA) is 111 Å². The normalized spacial score (nSPS) is 15.6. The first-order valence-electron chi connectivity index (χ1n) is 16.7. The van der Waals surface area contributed by atoms with Crippen LogP contribution < -0.4 is 4.74 Å². The minimum absolute atomic E-state index is 0.0166. The van der Waals surface area contributed by atoms with Gasteiger partial charge in [-0.05, 0) is 79.8 Å². The van der Waals surface area contributed by atoms with Crippen molar-refractivity contribution < 1.29 is 42.2 Å². The molecule has 1 unspecified atom stereocenters. The van der Waals surface area contributed by atoms with Crippen LogP contribution in [-0.2, 0) is 27.3 Å². The molecule has 3 aromatic rings. The molecule has 0 saturated heterocycles. The highest BCUT2D eigenvalue weighted by atomic mass is 19.2. The molecule has 2 amide bonds. The molecule has 1 atom stereocenters. The first-order chi connectivity index (χ1) is 24.1. The van der Waals surface area contributed by atoms with Crippen LogP contribution >= 0.6 is 0 Å². The maximum absolute atomic E-state index is 14.4. The van der Waals surface area contributed by atoms with Gasteiger partial charge in [-0.1, -0.05) is 60.2 Å². The average molecular weight is 696 g/mol. The summed E-state index contributed by atoms with van der Waals surface area (Å²) in [4.78, 5) is 45.5. The molecule has 5 rings (SSSR count). The van der Waals surface area contributed by atoms with E-state index >= 15 is 0 Å². The molecule has 1 aliphatic heterocycles. The summed E-state index contributed by atoms with van der Waals surface area (Å²) in [6.07, 6.45) is 4.82. The van der Waals surface area contributed by atoms with Crippen molar-refractivity contribution in [2.45, 2.75) is 58.0 Å². The summed E-state index contributed by atoms with van der Waals surface area (Å²) < 4.78 is 51.9. The van der Waals surface area contributed by atoms with Crippen molar-refractivity contribution in [3.8, 4) is 5.75 Å². The van der Waals surface area contributed by atoms with E-state index in [0.717, 1.165) is 46.7 Å². The van der Waals surface area contributed by atoms with E-state index in [1.807, 2.05) is 60.4 Å². The van der Waals surface area contributed by atoms with E-state index in [2.05, 4.69) is 10.9 Å². The van der Waals surface area contributed by atoms with E-state index in [1.165, 1.54) is 4.90 Å². The van der Waals surface area contributed by atoms with Crippen molar-refractivity contribution in [2.24, 2.45) is 5.92 Å². The molecule has 0 radical (unpaired) electrons. The minimum Gasteiger partial charge on any atom is -0.488 e. The second-order valence-electron chi connectivity index (χ2n) is 12.5. The Balaban J connectivity index is 1.27. The van der Waals surface area contributed by atoms with Crippen molar-refractivity contribution in [1.29, 1.82) is 0 Å². The standard InChI is InChI=1S/C37H40F3N3O7/c1-25-6-4-7-27(22-25)23-42(29-13-14-29)36(44)31-24-41(37(45)49-19-2-3-21-50-43(46)47)18-17-30(31)28-11-9-26(10-12-28)8-5-20-48-35-33(39)16-15-32(38)34(35)40/h4,6-7,9-12,15-17,22,29,31H,2-3,5,8,13-14,18-21,23-24H2,1H3. The molecule has 50 heavy (non-hydrogen) atoms. The Kier molecular flexibility index (Phi) is 12.3. The van der Waals surface area contributed by atoms with Crippen LogP contribution in [0.25, 0.3) is 5.57 Å². The number of carbonyl (C=O) groups excluding carboxylic acids is 2. The summed E-state index contributed by atoms with van der Waals surface area (Å²) >= 11 is 0. The number of unbranched alkanes of at least 4 members (excludes halogenated alkanes) is 1. The molecular formula is C37H40F3N3O7. The van der Waals surface area contributed by atoms with Gasteiger partial charge in [0.15, 0.2) is 17.4 Å². The number of benzene rings is 3. The Bertz CT molecular complexity index is 1700. The fourth-order valence-electron chi connectivity index (χ4n) is 5.95. The Labute approximate surface area is 288 Å². The summed E-state index contributed by atoms with van der Waals surface area (Å²) in [5.74, 6) is -4.96. The molecular weight excluding hydrogens is 655 g/mol. The number of nitrogens with zero attached hydrogens (tertiary/aromatic N) is 3. The smallest absolute Gasteiger partial charge is 0.410 e. The van der Waals surface area contributed by atoms with Crippen LogP contribution in [0.15, 0.2) is 66.7 Å². The van der Waals surface area contributed by atoms with Crippen LogP contribution in [0.4, 0.5) is 18.0 Å².